The van der Waals surface area contributed by atoms with Gasteiger partial charge in [0.1, 0.15) is 6.10 Å². The highest BCUT2D eigenvalue weighted by Gasteiger charge is 2.13. The van der Waals surface area contributed by atoms with E-state index in [0.29, 0.717) is 6.54 Å². The maximum absolute atomic E-state index is 10.3. The number of ether oxygens (including phenoxy) is 1. The summed E-state index contributed by atoms with van der Waals surface area (Å²) in [5.74, 6) is 0. The molecule has 1 amide bonds. The summed E-state index contributed by atoms with van der Waals surface area (Å²) in [7, 11) is 0. The molecule has 0 bridgehead atoms. The third-order valence-electron chi connectivity index (χ3n) is 0.888. The van der Waals surface area contributed by atoms with Crippen molar-refractivity contribution < 1.29 is 9.53 Å². The van der Waals surface area contributed by atoms with Gasteiger partial charge in [-0.1, -0.05) is 0 Å². The number of hydrogen-bond donors (Lipinski definition) is 2. The second-order valence-corrected chi connectivity index (χ2v) is 1.72. The summed E-state index contributed by atoms with van der Waals surface area (Å²) in [6.07, 6.45) is -0.410. The lowest BCUT2D eigenvalue weighted by Gasteiger charge is -2.19. The molecule has 1 rings (SSSR count). The second kappa shape index (κ2) is 2.00. The number of carbonyl (C=O) groups excluding carboxylic acids is 1. The standard InChI is InChI=1S/C4H8N2O2/c1-3-2-5-6-4(7)8-3/h3,5H,2H2,1H3,(H,6,7). The fraction of sp³-hybridized carbons (Fsp3) is 0.750. The van der Waals surface area contributed by atoms with Crippen LogP contribution in [-0.2, 0) is 4.74 Å². The van der Waals surface area contributed by atoms with E-state index >= 15 is 0 Å². The minimum atomic E-state index is -0.399. The quantitative estimate of drug-likeness (QED) is 0.453. The lowest BCUT2D eigenvalue weighted by Crippen LogP contribution is -2.49. The van der Waals surface area contributed by atoms with Gasteiger partial charge in [0.15, 0.2) is 0 Å². The van der Waals surface area contributed by atoms with Crippen LogP contribution in [0.25, 0.3) is 0 Å². The van der Waals surface area contributed by atoms with E-state index in [-0.39, 0.29) is 6.10 Å². The van der Waals surface area contributed by atoms with Gasteiger partial charge in [0, 0.05) is 0 Å². The average molecular weight is 116 g/mol. The first-order chi connectivity index (χ1) is 3.79. The van der Waals surface area contributed by atoms with Crippen LogP contribution in [0.2, 0.25) is 0 Å². The van der Waals surface area contributed by atoms with Crippen molar-refractivity contribution in [2.45, 2.75) is 13.0 Å². The number of nitrogens with one attached hydrogen (secondary N) is 2. The Morgan fingerprint density at radius 3 is 3.00 bits per heavy atom. The van der Waals surface area contributed by atoms with Gasteiger partial charge in [-0.15, -0.1) is 0 Å². The van der Waals surface area contributed by atoms with Crippen molar-refractivity contribution in [2.24, 2.45) is 0 Å². The third kappa shape index (κ3) is 1.10. The normalized spacial score (nSPS) is 28.6. The SMILES string of the molecule is CC1CNNC(=O)O1. The van der Waals surface area contributed by atoms with E-state index in [1.165, 1.54) is 0 Å². The number of amides is 1. The summed E-state index contributed by atoms with van der Waals surface area (Å²) in [5.41, 5.74) is 4.96. The van der Waals surface area contributed by atoms with Gasteiger partial charge < -0.3 is 4.74 Å². The molecule has 0 aromatic carbocycles. The first kappa shape index (κ1) is 5.37. The molecule has 1 fully saturated rings. The first-order valence-corrected chi connectivity index (χ1v) is 2.48. The van der Waals surface area contributed by atoms with Gasteiger partial charge in [0.2, 0.25) is 0 Å². The number of hydrogen-bond acceptors (Lipinski definition) is 3. The summed E-state index contributed by atoms with van der Waals surface area (Å²) in [5, 5.41) is 0. The topological polar surface area (TPSA) is 50.4 Å². The molecule has 1 atom stereocenters. The van der Waals surface area contributed by atoms with E-state index in [9.17, 15) is 4.79 Å². The van der Waals surface area contributed by atoms with E-state index in [1.54, 1.807) is 0 Å². The zero-order chi connectivity index (χ0) is 5.98. The number of hydrazine groups is 1. The highest BCUT2D eigenvalue weighted by molar-refractivity contribution is 5.67. The number of rotatable bonds is 0. The Labute approximate surface area is 47.2 Å². The predicted molar refractivity (Wildman–Crippen MR) is 27.1 cm³/mol. The fourth-order valence-corrected chi connectivity index (χ4v) is 0.521. The fourth-order valence-electron chi connectivity index (χ4n) is 0.521. The van der Waals surface area contributed by atoms with Crippen LogP contribution in [0.15, 0.2) is 0 Å². The summed E-state index contributed by atoms with van der Waals surface area (Å²) in [6.45, 7) is 2.50. The van der Waals surface area contributed by atoms with Crippen molar-refractivity contribution in [3.8, 4) is 0 Å². The van der Waals surface area contributed by atoms with Crippen LogP contribution in [0.3, 0.4) is 0 Å². The molecule has 1 unspecified atom stereocenters. The zero-order valence-corrected chi connectivity index (χ0v) is 4.60. The van der Waals surface area contributed by atoms with Gasteiger partial charge in [-0.2, -0.15) is 0 Å². The van der Waals surface area contributed by atoms with E-state index in [4.69, 9.17) is 0 Å². The van der Waals surface area contributed by atoms with Gasteiger partial charge >= 0.3 is 6.09 Å². The van der Waals surface area contributed by atoms with E-state index in [2.05, 4.69) is 15.6 Å². The Kier molecular flexibility index (Phi) is 1.34. The molecule has 46 valence electrons. The predicted octanol–water partition coefficient (Wildman–Crippen LogP) is -0.381. The Morgan fingerprint density at radius 2 is 2.62 bits per heavy atom. The molecule has 1 aliphatic heterocycles. The molecule has 1 saturated heterocycles. The Hall–Kier alpha value is -0.770. The molecule has 0 saturated carbocycles. The lowest BCUT2D eigenvalue weighted by molar-refractivity contribution is 0.0777. The first-order valence-electron chi connectivity index (χ1n) is 2.48. The maximum atomic E-state index is 10.3. The van der Waals surface area contributed by atoms with Crippen LogP contribution in [-0.4, -0.2) is 18.7 Å². The molecule has 1 aliphatic rings. The molecule has 2 N–H and O–H groups in total. The Balaban J connectivity index is 2.34. The maximum Gasteiger partial charge on any atom is 0.421 e. The largest absolute Gasteiger partial charge is 0.444 e. The molecule has 0 aromatic heterocycles. The molecular weight excluding hydrogens is 108 g/mol. The molecular formula is C4H8N2O2. The molecule has 4 nitrogen and oxygen atoms in total. The van der Waals surface area contributed by atoms with Crippen molar-refractivity contribution in [3.63, 3.8) is 0 Å². The van der Waals surface area contributed by atoms with Gasteiger partial charge in [0.25, 0.3) is 0 Å². The van der Waals surface area contributed by atoms with E-state index in [1.807, 2.05) is 6.92 Å². The number of carbonyl (C=O) groups is 1. The van der Waals surface area contributed by atoms with Gasteiger partial charge in [0.05, 0.1) is 6.54 Å². The summed E-state index contributed by atoms with van der Waals surface area (Å²) in [4.78, 5) is 10.3. The average Bonchev–Trinajstić information content (AvgIpc) is 1.64. The van der Waals surface area contributed by atoms with Crippen LogP contribution < -0.4 is 10.9 Å². The summed E-state index contributed by atoms with van der Waals surface area (Å²) in [6, 6.07) is 0. The van der Waals surface area contributed by atoms with Crippen molar-refractivity contribution >= 4 is 6.09 Å². The van der Waals surface area contributed by atoms with Gasteiger partial charge in [-0.05, 0) is 6.92 Å². The highest BCUT2D eigenvalue weighted by Crippen LogP contribution is 1.91. The van der Waals surface area contributed by atoms with E-state index < -0.39 is 6.09 Å². The van der Waals surface area contributed by atoms with Crippen molar-refractivity contribution in [3.05, 3.63) is 0 Å². The zero-order valence-electron chi connectivity index (χ0n) is 4.60. The smallest absolute Gasteiger partial charge is 0.421 e. The highest BCUT2D eigenvalue weighted by atomic mass is 16.6. The molecule has 0 spiro atoms. The van der Waals surface area contributed by atoms with E-state index in [0.717, 1.165) is 0 Å². The van der Waals surface area contributed by atoms with Crippen LogP contribution in [0, 0.1) is 0 Å². The molecule has 4 heteroatoms. The summed E-state index contributed by atoms with van der Waals surface area (Å²) < 4.78 is 4.67. The van der Waals surface area contributed by atoms with Crippen molar-refractivity contribution in [1.82, 2.24) is 10.9 Å². The van der Waals surface area contributed by atoms with Gasteiger partial charge in [-0.3, -0.25) is 5.43 Å². The van der Waals surface area contributed by atoms with Crippen LogP contribution >= 0.6 is 0 Å². The molecule has 0 aliphatic carbocycles. The molecule has 8 heavy (non-hydrogen) atoms. The lowest BCUT2D eigenvalue weighted by atomic mass is 10.4. The number of cyclic esters (lactones) is 1. The third-order valence-corrected chi connectivity index (χ3v) is 0.888. The second-order valence-electron chi connectivity index (χ2n) is 1.72. The molecule has 0 aromatic rings. The minimum absolute atomic E-state index is 0.0104. The molecule has 1 heterocycles. The monoisotopic (exact) mass is 116 g/mol. The van der Waals surface area contributed by atoms with Crippen LogP contribution in [0.4, 0.5) is 4.79 Å². The van der Waals surface area contributed by atoms with Crippen molar-refractivity contribution in [1.29, 1.82) is 0 Å². The van der Waals surface area contributed by atoms with Crippen molar-refractivity contribution in [2.75, 3.05) is 6.54 Å². The minimum Gasteiger partial charge on any atom is -0.444 e. The molecule has 0 radical (unpaired) electrons. The summed E-state index contributed by atoms with van der Waals surface area (Å²) >= 11 is 0. The Bertz CT molecular complexity index is 104. The van der Waals surface area contributed by atoms with Crippen LogP contribution in [0.1, 0.15) is 6.92 Å². The van der Waals surface area contributed by atoms with Crippen LogP contribution in [0.5, 0.6) is 0 Å². The van der Waals surface area contributed by atoms with Gasteiger partial charge in [-0.25, -0.2) is 10.2 Å². The Morgan fingerprint density at radius 1 is 1.88 bits per heavy atom.